The van der Waals surface area contributed by atoms with Gasteiger partial charge in [-0.3, -0.25) is 14.9 Å². The lowest BCUT2D eigenvalue weighted by molar-refractivity contribution is -0.384. The molecule has 17 heavy (non-hydrogen) atoms. The predicted octanol–water partition coefficient (Wildman–Crippen LogP) is 0.395. The molecule has 0 saturated carbocycles. The van der Waals surface area contributed by atoms with Gasteiger partial charge in [0.1, 0.15) is 6.21 Å². The first-order valence-corrected chi connectivity index (χ1v) is 4.31. The Morgan fingerprint density at radius 1 is 1.35 bits per heavy atom. The van der Waals surface area contributed by atoms with E-state index in [1.54, 1.807) is 0 Å². The van der Waals surface area contributed by atoms with E-state index in [9.17, 15) is 19.7 Å². The zero-order valence-corrected chi connectivity index (χ0v) is 8.36. The van der Waals surface area contributed by atoms with Crippen LogP contribution in [0.4, 0.5) is 5.69 Å². The number of nitrogens with one attached hydrogen (secondary N) is 1. The SMILES string of the molecule is O=C(O)C=NNC(=O)c1ccc([N+](=O)[O-])cc1. The van der Waals surface area contributed by atoms with Gasteiger partial charge in [0.25, 0.3) is 11.6 Å². The monoisotopic (exact) mass is 237 g/mol. The fourth-order valence-corrected chi connectivity index (χ4v) is 0.945. The van der Waals surface area contributed by atoms with Crippen LogP contribution in [0, 0.1) is 10.1 Å². The number of non-ortho nitro benzene ring substituents is 1. The number of amides is 1. The molecule has 2 N–H and O–H groups in total. The zero-order valence-electron chi connectivity index (χ0n) is 8.36. The third-order valence-electron chi connectivity index (χ3n) is 1.68. The Labute approximate surface area is 94.7 Å². The number of nitro groups is 1. The minimum atomic E-state index is -1.30. The third-order valence-corrected chi connectivity index (χ3v) is 1.68. The second-order valence-corrected chi connectivity index (χ2v) is 2.84. The van der Waals surface area contributed by atoms with Gasteiger partial charge in [0.15, 0.2) is 0 Å². The van der Waals surface area contributed by atoms with Gasteiger partial charge in [0, 0.05) is 17.7 Å². The van der Waals surface area contributed by atoms with Crippen LogP contribution in [0.3, 0.4) is 0 Å². The van der Waals surface area contributed by atoms with Gasteiger partial charge in [-0.25, -0.2) is 10.2 Å². The number of nitrogens with zero attached hydrogens (tertiary/aromatic N) is 2. The number of hydrogen-bond acceptors (Lipinski definition) is 5. The van der Waals surface area contributed by atoms with E-state index in [2.05, 4.69) is 5.10 Å². The highest BCUT2D eigenvalue weighted by molar-refractivity contribution is 6.22. The summed E-state index contributed by atoms with van der Waals surface area (Å²) >= 11 is 0. The molecule has 8 heteroatoms. The number of carboxylic acids is 1. The molecule has 0 aromatic heterocycles. The Bertz CT molecular complexity index is 480. The van der Waals surface area contributed by atoms with Gasteiger partial charge in [-0.1, -0.05) is 0 Å². The molecule has 0 fully saturated rings. The number of carboxylic acid groups (broad SMARTS) is 1. The number of hydrazone groups is 1. The van der Waals surface area contributed by atoms with Crippen LogP contribution in [0.5, 0.6) is 0 Å². The maximum atomic E-state index is 11.3. The van der Waals surface area contributed by atoms with Crippen LogP contribution in [0.2, 0.25) is 0 Å². The smallest absolute Gasteiger partial charge is 0.348 e. The van der Waals surface area contributed by atoms with Crippen molar-refractivity contribution in [3.63, 3.8) is 0 Å². The lowest BCUT2D eigenvalue weighted by atomic mass is 10.2. The number of aliphatic carboxylic acids is 1. The summed E-state index contributed by atoms with van der Waals surface area (Å²) in [4.78, 5) is 31.1. The molecule has 0 aliphatic rings. The summed E-state index contributed by atoms with van der Waals surface area (Å²) in [5.41, 5.74) is 1.95. The first-order chi connectivity index (χ1) is 8.00. The van der Waals surface area contributed by atoms with E-state index in [0.29, 0.717) is 6.21 Å². The van der Waals surface area contributed by atoms with E-state index >= 15 is 0 Å². The largest absolute Gasteiger partial charge is 0.477 e. The molecule has 0 atom stereocenters. The number of nitro benzene ring substituents is 1. The second-order valence-electron chi connectivity index (χ2n) is 2.84. The minimum absolute atomic E-state index is 0.137. The molecule has 0 aliphatic heterocycles. The van der Waals surface area contributed by atoms with Crippen molar-refractivity contribution in [3.8, 4) is 0 Å². The van der Waals surface area contributed by atoms with Crippen molar-refractivity contribution in [2.75, 3.05) is 0 Å². The van der Waals surface area contributed by atoms with Crippen LogP contribution in [0.25, 0.3) is 0 Å². The fraction of sp³-hybridized carbons (Fsp3) is 0. The summed E-state index contributed by atoms with van der Waals surface area (Å²) in [5, 5.41) is 21.7. The van der Waals surface area contributed by atoms with Crippen LogP contribution in [-0.2, 0) is 4.79 Å². The van der Waals surface area contributed by atoms with Crippen molar-refractivity contribution in [3.05, 3.63) is 39.9 Å². The topological polar surface area (TPSA) is 122 Å². The van der Waals surface area contributed by atoms with Gasteiger partial charge < -0.3 is 5.11 Å². The highest BCUT2D eigenvalue weighted by Crippen LogP contribution is 2.11. The molecule has 0 saturated heterocycles. The quantitative estimate of drug-likeness (QED) is 0.445. The van der Waals surface area contributed by atoms with E-state index < -0.39 is 16.8 Å². The summed E-state index contributed by atoms with van der Waals surface area (Å²) in [7, 11) is 0. The number of hydrogen-bond donors (Lipinski definition) is 2. The molecule has 1 amide bonds. The molecule has 0 heterocycles. The molecule has 0 aliphatic carbocycles. The lowest BCUT2D eigenvalue weighted by Gasteiger charge is -1.98. The van der Waals surface area contributed by atoms with Crippen LogP contribution in [0.15, 0.2) is 29.4 Å². The summed E-state index contributed by atoms with van der Waals surface area (Å²) in [6.45, 7) is 0. The van der Waals surface area contributed by atoms with Gasteiger partial charge in [0.05, 0.1) is 4.92 Å². The van der Waals surface area contributed by atoms with Crippen molar-refractivity contribution in [2.45, 2.75) is 0 Å². The summed E-state index contributed by atoms with van der Waals surface area (Å²) < 4.78 is 0. The highest BCUT2D eigenvalue weighted by atomic mass is 16.6. The first-order valence-electron chi connectivity index (χ1n) is 4.31. The Balaban J connectivity index is 2.70. The van der Waals surface area contributed by atoms with E-state index in [1.165, 1.54) is 12.1 Å². The van der Waals surface area contributed by atoms with Gasteiger partial charge in [-0.2, -0.15) is 5.10 Å². The number of rotatable bonds is 4. The van der Waals surface area contributed by atoms with E-state index in [4.69, 9.17) is 5.11 Å². The van der Waals surface area contributed by atoms with Gasteiger partial charge in [0.2, 0.25) is 0 Å². The van der Waals surface area contributed by atoms with Crippen LogP contribution in [-0.4, -0.2) is 28.1 Å². The maximum Gasteiger partial charge on any atom is 0.348 e. The van der Waals surface area contributed by atoms with Crippen molar-refractivity contribution in [1.82, 2.24) is 5.43 Å². The average molecular weight is 237 g/mol. The first kappa shape index (κ1) is 12.3. The molecule has 1 aromatic carbocycles. The lowest BCUT2D eigenvalue weighted by Crippen LogP contribution is -2.18. The summed E-state index contributed by atoms with van der Waals surface area (Å²) in [6.07, 6.45) is 0.517. The molecule has 8 nitrogen and oxygen atoms in total. The standard InChI is InChI=1S/C9H7N3O5/c13-8(14)5-10-11-9(15)6-1-3-7(4-2-6)12(16)17/h1-5H,(H,11,15)(H,13,14). The Morgan fingerprint density at radius 3 is 2.41 bits per heavy atom. The van der Waals surface area contributed by atoms with Gasteiger partial charge >= 0.3 is 5.97 Å². The average Bonchev–Trinajstić information content (AvgIpc) is 2.28. The Kier molecular flexibility index (Phi) is 3.87. The molecule has 1 rings (SSSR count). The summed E-state index contributed by atoms with van der Waals surface area (Å²) in [5.74, 6) is -1.95. The molecular formula is C9H7N3O5. The number of benzene rings is 1. The van der Waals surface area contributed by atoms with Crippen molar-refractivity contribution in [2.24, 2.45) is 5.10 Å². The van der Waals surface area contributed by atoms with Gasteiger partial charge in [-0.15, -0.1) is 0 Å². The summed E-state index contributed by atoms with van der Waals surface area (Å²) in [6, 6.07) is 4.80. The van der Waals surface area contributed by atoms with E-state index in [1.807, 2.05) is 5.43 Å². The molecular weight excluding hydrogens is 230 g/mol. The van der Waals surface area contributed by atoms with Crippen molar-refractivity contribution < 1.29 is 19.6 Å². The van der Waals surface area contributed by atoms with Gasteiger partial charge in [-0.05, 0) is 12.1 Å². The van der Waals surface area contributed by atoms with E-state index in [0.717, 1.165) is 12.1 Å². The van der Waals surface area contributed by atoms with Crippen molar-refractivity contribution in [1.29, 1.82) is 0 Å². The molecule has 0 bridgehead atoms. The number of carbonyl (C=O) groups excluding carboxylic acids is 1. The maximum absolute atomic E-state index is 11.3. The molecule has 88 valence electrons. The molecule has 0 radical (unpaired) electrons. The zero-order chi connectivity index (χ0) is 12.8. The fourth-order valence-electron chi connectivity index (χ4n) is 0.945. The molecule has 0 spiro atoms. The normalized spacial score (nSPS) is 10.1. The van der Waals surface area contributed by atoms with Crippen molar-refractivity contribution >= 4 is 23.8 Å². The van der Waals surface area contributed by atoms with E-state index in [-0.39, 0.29) is 11.3 Å². The minimum Gasteiger partial charge on any atom is -0.477 e. The third kappa shape index (κ3) is 3.70. The number of carbonyl (C=O) groups is 2. The predicted molar refractivity (Wildman–Crippen MR) is 56.7 cm³/mol. The molecule has 0 unspecified atom stereocenters. The van der Waals surface area contributed by atoms with Crippen LogP contribution >= 0.6 is 0 Å². The molecule has 1 aromatic rings. The van der Waals surface area contributed by atoms with Crippen LogP contribution in [0.1, 0.15) is 10.4 Å². The van der Waals surface area contributed by atoms with Crippen LogP contribution < -0.4 is 5.43 Å². The Hall–Kier alpha value is -2.77. The second kappa shape index (κ2) is 5.35. The highest BCUT2D eigenvalue weighted by Gasteiger charge is 2.08. The Morgan fingerprint density at radius 2 is 1.94 bits per heavy atom.